The number of hydrogen-bond donors (Lipinski definition) is 3. The van der Waals surface area contributed by atoms with Crippen LogP contribution in [0.3, 0.4) is 0 Å². The third-order valence-corrected chi connectivity index (χ3v) is 5.12. The summed E-state index contributed by atoms with van der Waals surface area (Å²) >= 11 is 0. The summed E-state index contributed by atoms with van der Waals surface area (Å²) in [6, 6.07) is 11.7. The first kappa shape index (κ1) is 19.5. The van der Waals surface area contributed by atoms with Gasteiger partial charge in [-0.1, -0.05) is 43.2 Å². The number of benzene rings is 1. The number of nitrogens with one attached hydrogen (secondary N) is 3. The molecule has 1 unspecified atom stereocenters. The van der Waals surface area contributed by atoms with Gasteiger partial charge in [0.2, 0.25) is 0 Å². The van der Waals surface area contributed by atoms with Gasteiger partial charge in [-0.05, 0) is 38.2 Å². The fourth-order valence-electron chi connectivity index (χ4n) is 3.58. The molecule has 2 aliphatic carbocycles. The van der Waals surface area contributed by atoms with Crippen LogP contribution in [0, 0.1) is 0 Å². The van der Waals surface area contributed by atoms with E-state index in [0.717, 1.165) is 12.5 Å². The minimum absolute atomic E-state index is 0. The van der Waals surface area contributed by atoms with Crippen LogP contribution in [0.4, 0.5) is 0 Å². The van der Waals surface area contributed by atoms with Crippen LogP contribution in [-0.4, -0.2) is 31.1 Å². The summed E-state index contributed by atoms with van der Waals surface area (Å²) in [4.78, 5) is 4.36. The lowest BCUT2D eigenvalue weighted by Gasteiger charge is -2.35. The number of aliphatic imine (C=N–C) groups is 1. The van der Waals surface area contributed by atoms with E-state index in [-0.39, 0.29) is 29.5 Å². The van der Waals surface area contributed by atoms with E-state index in [4.69, 9.17) is 0 Å². The third kappa shape index (κ3) is 5.34. The molecule has 0 bridgehead atoms. The van der Waals surface area contributed by atoms with Crippen molar-refractivity contribution in [2.45, 2.75) is 63.1 Å². The maximum absolute atomic E-state index is 4.36. The van der Waals surface area contributed by atoms with E-state index in [1.54, 1.807) is 0 Å². The molecule has 0 saturated heterocycles. The molecule has 1 aromatic carbocycles. The second-order valence-corrected chi connectivity index (χ2v) is 7.11. The maximum atomic E-state index is 4.36. The van der Waals surface area contributed by atoms with Crippen LogP contribution in [0.15, 0.2) is 35.3 Å². The highest BCUT2D eigenvalue weighted by molar-refractivity contribution is 14.0. The Labute approximate surface area is 163 Å². The standard InChI is InChI=1S/C19H30N4.HI/c1-15(16-8-4-3-5-9-16)23-19(12-6-7-13-19)14-21-18(20-2)22-17-10-11-17;/h3-5,8-9,15,17,23H,6-7,10-14H2,1-2H3,(H2,20,21,22);1H. The van der Waals surface area contributed by atoms with Crippen molar-refractivity contribution in [3.8, 4) is 0 Å². The average molecular weight is 442 g/mol. The average Bonchev–Trinajstić information content (AvgIpc) is 3.29. The minimum atomic E-state index is 0. The Morgan fingerprint density at radius 2 is 1.88 bits per heavy atom. The van der Waals surface area contributed by atoms with Gasteiger partial charge in [0.15, 0.2) is 5.96 Å². The molecule has 24 heavy (non-hydrogen) atoms. The van der Waals surface area contributed by atoms with Crippen molar-refractivity contribution in [1.29, 1.82) is 0 Å². The van der Waals surface area contributed by atoms with Gasteiger partial charge in [0.1, 0.15) is 0 Å². The van der Waals surface area contributed by atoms with E-state index in [9.17, 15) is 0 Å². The zero-order chi connectivity index (χ0) is 16.1. The Bertz CT molecular complexity index is 521. The van der Waals surface area contributed by atoms with Gasteiger partial charge < -0.3 is 16.0 Å². The lowest BCUT2D eigenvalue weighted by atomic mass is 9.94. The highest BCUT2D eigenvalue weighted by Gasteiger charge is 2.35. The Morgan fingerprint density at radius 1 is 1.21 bits per heavy atom. The van der Waals surface area contributed by atoms with Crippen molar-refractivity contribution in [1.82, 2.24) is 16.0 Å². The summed E-state index contributed by atoms with van der Waals surface area (Å²) < 4.78 is 0. The van der Waals surface area contributed by atoms with Gasteiger partial charge in [-0.25, -0.2) is 0 Å². The van der Waals surface area contributed by atoms with Crippen molar-refractivity contribution < 1.29 is 0 Å². The second kappa shape index (κ2) is 9.04. The molecule has 134 valence electrons. The van der Waals surface area contributed by atoms with Crippen LogP contribution >= 0.6 is 24.0 Å². The normalized spacial score (nSPS) is 21.0. The molecular formula is C19H31IN4. The first-order chi connectivity index (χ1) is 11.2. The van der Waals surface area contributed by atoms with Gasteiger partial charge in [-0.3, -0.25) is 4.99 Å². The van der Waals surface area contributed by atoms with Crippen molar-refractivity contribution in [2.24, 2.45) is 4.99 Å². The first-order valence-electron chi connectivity index (χ1n) is 9.01. The Kier molecular flexibility index (Phi) is 7.34. The van der Waals surface area contributed by atoms with Crippen LogP contribution in [0.25, 0.3) is 0 Å². The minimum Gasteiger partial charge on any atom is -0.355 e. The molecule has 3 rings (SSSR count). The predicted molar refractivity (Wildman–Crippen MR) is 112 cm³/mol. The topological polar surface area (TPSA) is 48.5 Å². The molecule has 5 heteroatoms. The SMILES string of the molecule is CN=C(NCC1(NC(C)c2ccccc2)CCCC1)NC1CC1.I. The second-order valence-electron chi connectivity index (χ2n) is 7.11. The van der Waals surface area contributed by atoms with Crippen LogP contribution in [0.2, 0.25) is 0 Å². The summed E-state index contributed by atoms with van der Waals surface area (Å²) in [5, 5.41) is 10.9. The molecule has 1 atom stereocenters. The fourth-order valence-corrected chi connectivity index (χ4v) is 3.58. The van der Waals surface area contributed by atoms with Crippen LogP contribution in [-0.2, 0) is 0 Å². The number of nitrogens with zero attached hydrogens (tertiary/aromatic N) is 1. The predicted octanol–water partition coefficient (Wildman–Crippen LogP) is 3.60. The van der Waals surface area contributed by atoms with E-state index >= 15 is 0 Å². The fraction of sp³-hybridized carbons (Fsp3) is 0.632. The van der Waals surface area contributed by atoms with Crippen LogP contribution < -0.4 is 16.0 Å². The molecule has 0 aliphatic heterocycles. The maximum Gasteiger partial charge on any atom is 0.191 e. The van der Waals surface area contributed by atoms with Gasteiger partial charge in [-0.15, -0.1) is 24.0 Å². The summed E-state index contributed by atoms with van der Waals surface area (Å²) in [6.07, 6.45) is 7.63. The highest BCUT2D eigenvalue weighted by Crippen LogP contribution is 2.31. The van der Waals surface area contributed by atoms with Gasteiger partial charge in [0.05, 0.1) is 0 Å². The molecule has 4 nitrogen and oxygen atoms in total. The van der Waals surface area contributed by atoms with Crippen molar-refractivity contribution in [3.05, 3.63) is 35.9 Å². The summed E-state index contributed by atoms with van der Waals surface area (Å²) in [5.41, 5.74) is 1.54. The third-order valence-electron chi connectivity index (χ3n) is 5.12. The van der Waals surface area contributed by atoms with E-state index in [1.807, 2.05) is 7.05 Å². The smallest absolute Gasteiger partial charge is 0.191 e. The molecule has 0 amide bonds. The zero-order valence-corrected chi connectivity index (χ0v) is 17.2. The van der Waals surface area contributed by atoms with Gasteiger partial charge in [0, 0.05) is 31.2 Å². The van der Waals surface area contributed by atoms with Crippen molar-refractivity contribution in [3.63, 3.8) is 0 Å². The van der Waals surface area contributed by atoms with E-state index in [0.29, 0.717) is 12.1 Å². The van der Waals surface area contributed by atoms with E-state index in [1.165, 1.54) is 44.1 Å². The van der Waals surface area contributed by atoms with Crippen LogP contribution in [0.5, 0.6) is 0 Å². The summed E-state index contributed by atoms with van der Waals surface area (Å²) in [5.74, 6) is 0.952. The van der Waals surface area contributed by atoms with Gasteiger partial charge in [-0.2, -0.15) is 0 Å². The molecule has 1 aromatic rings. The number of hydrogen-bond acceptors (Lipinski definition) is 2. The Balaban J connectivity index is 0.00000208. The van der Waals surface area contributed by atoms with E-state index in [2.05, 4.69) is 58.2 Å². The molecule has 2 fully saturated rings. The lowest BCUT2D eigenvalue weighted by molar-refractivity contribution is 0.297. The van der Waals surface area contributed by atoms with Crippen molar-refractivity contribution >= 4 is 29.9 Å². The zero-order valence-electron chi connectivity index (χ0n) is 14.8. The molecule has 2 aliphatic rings. The quantitative estimate of drug-likeness (QED) is 0.359. The molecular weight excluding hydrogens is 411 g/mol. The molecule has 2 saturated carbocycles. The molecule has 0 aromatic heterocycles. The monoisotopic (exact) mass is 442 g/mol. The number of rotatable bonds is 6. The summed E-state index contributed by atoms with van der Waals surface area (Å²) in [7, 11) is 1.86. The molecule has 0 spiro atoms. The summed E-state index contributed by atoms with van der Waals surface area (Å²) in [6.45, 7) is 3.21. The first-order valence-corrected chi connectivity index (χ1v) is 9.01. The van der Waals surface area contributed by atoms with Crippen molar-refractivity contribution in [2.75, 3.05) is 13.6 Å². The Hall–Kier alpha value is -0.820. The van der Waals surface area contributed by atoms with E-state index < -0.39 is 0 Å². The largest absolute Gasteiger partial charge is 0.355 e. The van der Waals surface area contributed by atoms with Gasteiger partial charge in [0.25, 0.3) is 0 Å². The number of guanidine groups is 1. The molecule has 0 radical (unpaired) electrons. The lowest BCUT2D eigenvalue weighted by Crippen LogP contribution is -2.54. The van der Waals surface area contributed by atoms with Crippen LogP contribution in [0.1, 0.15) is 57.1 Å². The molecule has 3 N–H and O–H groups in total. The number of halogens is 1. The Morgan fingerprint density at radius 3 is 2.46 bits per heavy atom. The van der Waals surface area contributed by atoms with Gasteiger partial charge >= 0.3 is 0 Å². The molecule has 0 heterocycles. The highest BCUT2D eigenvalue weighted by atomic mass is 127.